The summed E-state index contributed by atoms with van der Waals surface area (Å²) < 4.78 is 0. The predicted molar refractivity (Wildman–Crippen MR) is 141 cm³/mol. The summed E-state index contributed by atoms with van der Waals surface area (Å²) in [5.74, 6) is 0. The SMILES string of the molecule is CO.O=CN1CCc2ccccc2C1.O=CNCCc1ccccc1.c1ccc2c(c1)CCNC2. The van der Waals surface area contributed by atoms with E-state index in [1.807, 2.05) is 41.3 Å². The lowest BCUT2D eigenvalue weighted by atomic mass is 10.0. The molecular formula is C29H37N3O3. The highest BCUT2D eigenvalue weighted by Gasteiger charge is 2.12. The van der Waals surface area contributed by atoms with Crippen molar-refractivity contribution in [2.75, 3.05) is 26.7 Å². The number of amides is 2. The highest BCUT2D eigenvalue weighted by Crippen LogP contribution is 2.16. The van der Waals surface area contributed by atoms with Crippen LogP contribution in [0.5, 0.6) is 0 Å². The van der Waals surface area contributed by atoms with Crippen LogP contribution < -0.4 is 10.6 Å². The van der Waals surface area contributed by atoms with Gasteiger partial charge < -0.3 is 20.6 Å². The summed E-state index contributed by atoms with van der Waals surface area (Å²) in [4.78, 5) is 22.2. The molecule has 0 radical (unpaired) electrons. The molecule has 0 atom stereocenters. The fourth-order valence-corrected chi connectivity index (χ4v) is 3.95. The zero-order valence-electron chi connectivity index (χ0n) is 20.5. The second-order valence-corrected chi connectivity index (χ2v) is 8.10. The number of carbonyl (C=O) groups excluding carboxylic acids is 2. The Morgan fingerprint density at radius 2 is 1.43 bits per heavy atom. The van der Waals surface area contributed by atoms with E-state index in [4.69, 9.17) is 5.11 Å². The second-order valence-electron chi connectivity index (χ2n) is 8.10. The van der Waals surface area contributed by atoms with Gasteiger partial charge >= 0.3 is 0 Å². The molecule has 35 heavy (non-hydrogen) atoms. The normalized spacial score (nSPS) is 13.0. The van der Waals surface area contributed by atoms with E-state index >= 15 is 0 Å². The van der Waals surface area contributed by atoms with E-state index in [1.165, 1.54) is 34.2 Å². The van der Waals surface area contributed by atoms with E-state index < -0.39 is 0 Å². The maximum atomic E-state index is 10.5. The average molecular weight is 476 g/mol. The molecule has 3 N–H and O–H groups in total. The number of rotatable bonds is 5. The standard InChI is InChI=1S/C10H11NO.C9H11NO.C9H11N.CH4O/c12-8-11-6-5-9-3-1-2-4-10(9)7-11;11-8-10-7-6-9-4-2-1-3-5-9;1-2-4-9-7-10-6-5-8(9)3-1;1-2/h1-4,8H,5-7H2;1-5,8H,6-7H2,(H,10,11);1-4,10H,5-7H2;2H,1H3. The van der Waals surface area contributed by atoms with Crippen molar-refractivity contribution in [2.24, 2.45) is 0 Å². The second kappa shape index (κ2) is 17.0. The van der Waals surface area contributed by atoms with Crippen LogP contribution in [0.3, 0.4) is 0 Å². The Bertz CT molecular complexity index is 970. The van der Waals surface area contributed by atoms with E-state index in [0.29, 0.717) is 6.54 Å². The van der Waals surface area contributed by atoms with Crippen molar-refractivity contribution < 1.29 is 14.7 Å². The van der Waals surface area contributed by atoms with Gasteiger partial charge in [0.1, 0.15) is 0 Å². The molecule has 6 heteroatoms. The number of hydrogen-bond donors (Lipinski definition) is 3. The van der Waals surface area contributed by atoms with Gasteiger partial charge in [-0.15, -0.1) is 0 Å². The molecule has 5 rings (SSSR count). The summed E-state index contributed by atoms with van der Waals surface area (Å²) in [6.07, 6.45) is 4.74. The third-order valence-electron chi connectivity index (χ3n) is 5.80. The molecule has 0 fully saturated rings. The molecule has 0 aromatic heterocycles. The van der Waals surface area contributed by atoms with Crippen molar-refractivity contribution in [1.82, 2.24) is 15.5 Å². The smallest absolute Gasteiger partial charge is 0.210 e. The first-order valence-electron chi connectivity index (χ1n) is 12.0. The van der Waals surface area contributed by atoms with Gasteiger partial charge in [-0.1, -0.05) is 78.9 Å². The van der Waals surface area contributed by atoms with Gasteiger partial charge in [-0.05, 0) is 53.6 Å². The number of fused-ring (bicyclic) bond motifs is 2. The zero-order valence-corrected chi connectivity index (χ0v) is 20.5. The summed E-state index contributed by atoms with van der Waals surface area (Å²) in [5, 5.41) is 13.0. The van der Waals surface area contributed by atoms with Gasteiger partial charge in [0.25, 0.3) is 0 Å². The number of aliphatic hydroxyl groups is 1. The van der Waals surface area contributed by atoms with Crippen molar-refractivity contribution in [3.8, 4) is 0 Å². The molecule has 0 unspecified atom stereocenters. The molecule has 2 aliphatic rings. The third-order valence-corrected chi connectivity index (χ3v) is 5.80. The molecule has 0 saturated carbocycles. The number of nitrogens with one attached hydrogen (secondary N) is 2. The highest BCUT2D eigenvalue weighted by molar-refractivity contribution is 5.49. The van der Waals surface area contributed by atoms with E-state index in [9.17, 15) is 9.59 Å². The van der Waals surface area contributed by atoms with E-state index in [-0.39, 0.29) is 0 Å². The van der Waals surface area contributed by atoms with Gasteiger partial charge in [-0.25, -0.2) is 0 Å². The Labute approximate surface area is 209 Å². The fourth-order valence-electron chi connectivity index (χ4n) is 3.95. The molecule has 0 aliphatic carbocycles. The molecule has 6 nitrogen and oxygen atoms in total. The molecule has 0 spiro atoms. The Balaban J connectivity index is 0.000000179. The van der Waals surface area contributed by atoms with Crippen LogP contribution in [0.1, 0.15) is 27.8 Å². The van der Waals surface area contributed by atoms with Crippen LogP contribution in [-0.2, 0) is 41.9 Å². The minimum absolute atomic E-state index is 0.716. The lowest BCUT2D eigenvalue weighted by molar-refractivity contribution is -0.119. The topological polar surface area (TPSA) is 81.7 Å². The van der Waals surface area contributed by atoms with E-state index in [1.54, 1.807) is 0 Å². The average Bonchev–Trinajstić information content (AvgIpc) is 2.95. The van der Waals surface area contributed by atoms with Crippen LogP contribution >= 0.6 is 0 Å². The van der Waals surface area contributed by atoms with Gasteiger partial charge in [-0.2, -0.15) is 0 Å². The summed E-state index contributed by atoms with van der Waals surface area (Å²) in [5.41, 5.74) is 6.91. The van der Waals surface area contributed by atoms with Crippen molar-refractivity contribution in [3.05, 3.63) is 107 Å². The molecule has 0 saturated heterocycles. The van der Waals surface area contributed by atoms with Gasteiger partial charge in [0.05, 0.1) is 0 Å². The van der Waals surface area contributed by atoms with E-state index in [2.05, 4.69) is 53.1 Å². The van der Waals surface area contributed by atoms with Crippen molar-refractivity contribution in [3.63, 3.8) is 0 Å². The molecule has 3 aromatic rings. The monoisotopic (exact) mass is 475 g/mol. The minimum atomic E-state index is 0.716. The molecule has 2 heterocycles. The molecular weight excluding hydrogens is 438 g/mol. The first-order chi connectivity index (χ1) is 17.3. The Hall–Kier alpha value is -3.48. The van der Waals surface area contributed by atoms with Gasteiger partial charge in [0.15, 0.2) is 0 Å². The quantitative estimate of drug-likeness (QED) is 0.391. The summed E-state index contributed by atoms with van der Waals surface area (Å²) in [7, 11) is 1.00. The first kappa shape index (κ1) is 27.8. The number of hydrogen-bond acceptors (Lipinski definition) is 4. The van der Waals surface area contributed by atoms with Crippen molar-refractivity contribution in [2.45, 2.75) is 32.4 Å². The largest absolute Gasteiger partial charge is 0.400 e. The maximum absolute atomic E-state index is 10.5. The van der Waals surface area contributed by atoms with Crippen LogP contribution in [-0.4, -0.2) is 49.6 Å². The number of carbonyl (C=O) groups is 2. The van der Waals surface area contributed by atoms with Gasteiger partial charge in [-0.3, -0.25) is 9.59 Å². The van der Waals surface area contributed by atoms with Crippen LogP contribution in [0.15, 0.2) is 78.9 Å². The summed E-state index contributed by atoms with van der Waals surface area (Å²) >= 11 is 0. The maximum Gasteiger partial charge on any atom is 0.210 e. The summed E-state index contributed by atoms with van der Waals surface area (Å²) in [6, 6.07) is 27.0. The van der Waals surface area contributed by atoms with Gasteiger partial charge in [0, 0.05) is 33.3 Å². The molecule has 0 bridgehead atoms. The Kier molecular flexibility index (Phi) is 13.5. The van der Waals surface area contributed by atoms with Crippen molar-refractivity contribution >= 4 is 12.8 Å². The lowest BCUT2D eigenvalue weighted by Crippen LogP contribution is -2.28. The van der Waals surface area contributed by atoms with Crippen LogP contribution in [0, 0.1) is 0 Å². The van der Waals surface area contributed by atoms with Gasteiger partial charge in [0.2, 0.25) is 12.8 Å². The molecule has 3 aromatic carbocycles. The molecule has 2 aliphatic heterocycles. The summed E-state index contributed by atoms with van der Waals surface area (Å²) in [6.45, 7) is 4.54. The minimum Gasteiger partial charge on any atom is -0.400 e. The lowest BCUT2D eigenvalue weighted by Gasteiger charge is -2.24. The first-order valence-corrected chi connectivity index (χ1v) is 12.0. The van der Waals surface area contributed by atoms with Crippen molar-refractivity contribution in [1.29, 1.82) is 0 Å². The Morgan fingerprint density at radius 1 is 0.829 bits per heavy atom. The fraction of sp³-hybridized carbons (Fsp3) is 0.310. The highest BCUT2D eigenvalue weighted by atomic mass is 16.2. The van der Waals surface area contributed by atoms with E-state index in [0.717, 1.165) is 59.0 Å². The predicted octanol–water partition coefficient (Wildman–Crippen LogP) is 3.12. The number of aliphatic hydroxyl groups excluding tert-OH is 1. The van der Waals surface area contributed by atoms with Crippen LogP contribution in [0.25, 0.3) is 0 Å². The van der Waals surface area contributed by atoms with Crippen LogP contribution in [0.4, 0.5) is 0 Å². The number of benzene rings is 3. The molecule has 2 amide bonds. The van der Waals surface area contributed by atoms with Crippen LogP contribution in [0.2, 0.25) is 0 Å². The molecule has 186 valence electrons. The number of nitrogens with zero attached hydrogens (tertiary/aromatic N) is 1. The zero-order chi connectivity index (χ0) is 25.1. The third kappa shape index (κ3) is 10.1. The Morgan fingerprint density at radius 3 is 2.06 bits per heavy atom.